The number of hydrogen-bond donors (Lipinski definition) is 0. The van der Waals surface area contributed by atoms with Gasteiger partial charge in [0.15, 0.2) is 0 Å². The summed E-state index contributed by atoms with van der Waals surface area (Å²) in [6.45, 7) is 6.73. The average molecular weight is 266 g/mol. The molecule has 18 heavy (non-hydrogen) atoms. The Bertz CT molecular complexity index is 442. The number of hydrogen-bond acceptors (Lipinski definition) is 2. The van der Waals surface area contributed by atoms with Gasteiger partial charge < -0.3 is 4.90 Å². The molecule has 3 heteroatoms. The van der Waals surface area contributed by atoms with E-state index in [4.69, 9.17) is 11.6 Å². The van der Waals surface area contributed by atoms with E-state index >= 15 is 0 Å². The van der Waals surface area contributed by atoms with Crippen LogP contribution in [-0.2, 0) is 0 Å². The summed E-state index contributed by atoms with van der Waals surface area (Å²) in [5.41, 5.74) is 2.11. The molecular weight excluding hydrogens is 246 g/mol. The van der Waals surface area contributed by atoms with Gasteiger partial charge in [-0.2, -0.15) is 0 Å². The van der Waals surface area contributed by atoms with Crippen LogP contribution in [0, 0.1) is 5.41 Å². The molecule has 1 aromatic rings. The summed E-state index contributed by atoms with van der Waals surface area (Å²) in [5.74, 6) is 0. The van der Waals surface area contributed by atoms with Crippen LogP contribution < -0.4 is 4.90 Å². The predicted molar refractivity (Wildman–Crippen MR) is 76.7 cm³/mol. The SMILES string of the molecule is CC1(C)CCCN(c2ccc(C=O)cc2Cl)CC1. The maximum absolute atomic E-state index is 10.7. The fraction of sp³-hybridized carbons (Fsp3) is 0.533. The number of carbonyl (C=O) groups excluding carboxylic acids is 1. The van der Waals surface area contributed by atoms with Crippen molar-refractivity contribution in [1.82, 2.24) is 0 Å². The summed E-state index contributed by atoms with van der Waals surface area (Å²) in [5, 5.41) is 0.680. The topological polar surface area (TPSA) is 20.3 Å². The van der Waals surface area contributed by atoms with Crippen molar-refractivity contribution < 1.29 is 4.79 Å². The highest BCUT2D eigenvalue weighted by Gasteiger charge is 2.23. The third-order valence-corrected chi connectivity index (χ3v) is 4.09. The number of halogens is 1. The van der Waals surface area contributed by atoms with Gasteiger partial charge in [0.05, 0.1) is 10.7 Å². The third kappa shape index (κ3) is 3.05. The lowest BCUT2D eigenvalue weighted by atomic mass is 9.85. The van der Waals surface area contributed by atoms with Crippen molar-refractivity contribution >= 4 is 23.6 Å². The summed E-state index contributed by atoms with van der Waals surface area (Å²) in [7, 11) is 0. The molecule has 0 N–H and O–H groups in total. The smallest absolute Gasteiger partial charge is 0.150 e. The van der Waals surface area contributed by atoms with E-state index in [0.717, 1.165) is 25.1 Å². The lowest BCUT2D eigenvalue weighted by Gasteiger charge is -2.25. The van der Waals surface area contributed by atoms with Crippen molar-refractivity contribution in [1.29, 1.82) is 0 Å². The molecule has 2 nitrogen and oxygen atoms in total. The molecule has 1 saturated heterocycles. The zero-order valence-electron chi connectivity index (χ0n) is 11.1. The van der Waals surface area contributed by atoms with Gasteiger partial charge >= 0.3 is 0 Å². The molecule has 1 heterocycles. The van der Waals surface area contributed by atoms with E-state index in [-0.39, 0.29) is 0 Å². The zero-order valence-corrected chi connectivity index (χ0v) is 11.8. The maximum atomic E-state index is 10.7. The van der Waals surface area contributed by atoms with Gasteiger partial charge in [0.1, 0.15) is 6.29 Å². The highest BCUT2D eigenvalue weighted by Crippen LogP contribution is 2.34. The van der Waals surface area contributed by atoms with Crippen LogP contribution in [0.15, 0.2) is 18.2 Å². The van der Waals surface area contributed by atoms with E-state index < -0.39 is 0 Å². The summed E-state index contributed by atoms with van der Waals surface area (Å²) < 4.78 is 0. The van der Waals surface area contributed by atoms with Gasteiger partial charge in [0.25, 0.3) is 0 Å². The van der Waals surface area contributed by atoms with Gasteiger partial charge in [-0.25, -0.2) is 0 Å². The van der Waals surface area contributed by atoms with Gasteiger partial charge in [-0.05, 0) is 42.9 Å². The molecule has 2 rings (SSSR count). The Morgan fingerprint density at radius 2 is 2.06 bits per heavy atom. The summed E-state index contributed by atoms with van der Waals surface area (Å²) in [4.78, 5) is 13.1. The monoisotopic (exact) mass is 265 g/mol. The Balaban J connectivity index is 2.18. The van der Waals surface area contributed by atoms with Gasteiger partial charge in [-0.15, -0.1) is 0 Å². The van der Waals surface area contributed by atoms with Crippen LogP contribution in [0.1, 0.15) is 43.5 Å². The van der Waals surface area contributed by atoms with Crippen molar-refractivity contribution in [2.24, 2.45) is 5.41 Å². The molecule has 0 unspecified atom stereocenters. The molecule has 0 radical (unpaired) electrons. The van der Waals surface area contributed by atoms with Crippen LogP contribution in [0.5, 0.6) is 0 Å². The van der Waals surface area contributed by atoms with Crippen molar-refractivity contribution in [2.45, 2.75) is 33.1 Å². The first-order chi connectivity index (χ1) is 8.52. The number of rotatable bonds is 2. The standard InChI is InChI=1S/C15H20ClNO/c1-15(2)6-3-8-17(9-7-15)14-5-4-12(11-18)10-13(14)16/h4-5,10-11H,3,6-9H2,1-2H3. The Hall–Kier alpha value is -1.02. The second kappa shape index (κ2) is 5.31. The molecule has 0 spiro atoms. The molecule has 0 bridgehead atoms. The van der Waals surface area contributed by atoms with Crippen LogP contribution in [-0.4, -0.2) is 19.4 Å². The lowest BCUT2D eigenvalue weighted by Crippen LogP contribution is -2.25. The van der Waals surface area contributed by atoms with Gasteiger partial charge in [0, 0.05) is 18.7 Å². The zero-order chi connectivity index (χ0) is 13.2. The van der Waals surface area contributed by atoms with E-state index in [2.05, 4.69) is 18.7 Å². The van der Waals surface area contributed by atoms with Crippen LogP contribution in [0.25, 0.3) is 0 Å². The molecular formula is C15H20ClNO. The van der Waals surface area contributed by atoms with E-state index in [9.17, 15) is 4.79 Å². The number of anilines is 1. The molecule has 0 saturated carbocycles. The molecule has 98 valence electrons. The van der Waals surface area contributed by atoms with Gasteiger partial charge in [0.2, 0.25) is 0 Å². The molecule has 0 aromatic heterocycles. The van der Waals surface area contributed by atoms with Crippen LogP contribution >= 0.6 is 11.6 Å². The summed E-state index contributed by atoms with van der Waals surface area (Å²) >= 11 is 6.27. The van der Waals surface area contributed by atoms with E-state index in [0.29, 0.717) is 16.0 Å². The minimum absolute atomic E-state index is 0.421. The van der Waals surface area contributed by atoms with Gasteiger partial charge in [-0.3, -0.25) is 4.79 Å². The number of aldehydes is 1. The lowest BCUT2D eigenvalue weighted by molar-refractivity contribution is 0.112. The molecule has 1 fully saturated rings. The predicted octanol–water partition coefficient (Wildman–Crippen LogP) is 4.17. The largest absolute Gasteiger partial charge is 0.370 e. The molecule has 0 aliphatic carbocycles. The Kier molecular flexibility index (Phi) is 3.96. The van der Waals surface area contributed by atoms with E-state index in [1.165, 1.54) is 19.3 Å². The Labute approximate surface area is 114 Å². The quantitative estimate of drug-likeness (QED) is 0.748. The van der Waals surface area contributed by atoms with Gasteiger partial charge in [-0.1, -0.05) is 25.4 Å². The first kappa shape index (κ1) is 13.4. The van der Waals surface area contributed by atoms with Crippen molar-refractivity contribution in [3.05, 3.63) is 28.8 Å². The van der Waals surface area contributed by atoms with Crippen molar-refractivity contribution in [3.63, 3.8) is 0 Å². The maximum Gasteiger partial charge on any atom is 0.150 e. The molecule has 0 atom stereocenters. The summed E-state index contributed by atoms with van der Waals surface area (Å²) in [6.07, 6.45) is 4.46. The first-order valence-corrected chi connectivity index (χ1v) is 6.89. The normalized spacial score (nSPS) is 19.4. The van der Waals surface area contributed by atoms with E-state index in [1.807, 2.05) is 12.1 Å². The molecule has 1 aliphatic heterocycles. The molecule has 0 amide bonds. The fourth-order valence-electron chi connectivity index (χ4n) is 2.52. The van der Waals surface area contributed by atoms with Crippen LogP contribution in [0.4, 0.5) is 5.69 Å². The fourth-order valence-corrected chi connectivity index (χ4v) is 2.83. The van der Waals surface area contributed by atoms with Crippen LogP contribution in [0.3, 0.4) is 0 Å². The van der Waals surface area contributed by atoms with Crippen molar-refractivity contribution in [2.75, 3.05) is 18.0 Å². The molecule has 1 aromatic carbocycles. The highest BCUT2D eigenvalue weighted by atomic mass is 35.5. The number of carbonyl (C=O) groups is 1. The Morgan fingerprint density at radius 3 is 2.72 bits per heavy atom. The number of nitrogens with zero attached hydrogens (tertiary/aromatic N) is 1. The second-order valence-corrected chi connectivity index (χ2v) is 6.24. The highest BCUT2D eigenvalue weighted by molar-refractivity contribution is 6.33. The van der Waals surface area contributed by atoms with Crippen molar-refractivity contribution in [3.8, 4) is 0 Å². The first-order valence-electron chi connectivity index (χ1n) is 6.51. The van der Waals surface area contributed by atoms with E-state index in [1.54, 1.807) is 6.07 Å². The average Bonchev–Trinajstić information content (AvgIpc) is 2.50. The summed E-state index contributed by atoms with van der Waals surface area (Å²) in [6, 6.07) is 5.55. The Morgan fingerprint density at radius 1 is 1.28 bits per heavy atom. The number of benzene rings is 1. The van der Waals surface area contributed by atoms with Crippen LogP contribution in [0.2, 0.25) is 5.02 Å². The minimum atomic E-state index is 0.421. The second-order valence-electron chi connectivity index (χ2n) is 5.83. The minimum Gasteiger partial charge on any atom is -0.370 e. The molecule has 1 aliphatic rings. The third-order valence-electron chi connectivity index (χ3n) is 3.79.